The van der Waals surface area contributed by atoms with Gasteiger partial charge in [-0.3, -0.25) is 9.59 Å². The minimum atomic E-state index is -1.05. The standard InChI is InChI=1S/C69H92N8O13/c1-83-59-27-22-54(23-28-59)69(53-15-5-3-6-16-53,55-24-29-60(84-2)30-25-55)90-50-57-48-58(78)49-77(57)65(80)20-7-4-11-33-70-64(79)32-38-85-40-42-87-44-46-89-47-45-88-43-41-86-39-37-76(35-12-10-17-56-26-21-52-14-13-34-71-66(52)74-56)36-31-63(68(81)82)75-67-61-18-8-9-19-62(61)72-51-73-67/h3,5-6,8-9,15-16,18-19,21-30,51,57-58,63,78H,4,7,10-14,17,20,31-50H2,1-2H3,(H,70,79)(H,71,74)(H,81,82)(H,72,73,75)/t57-,58+,63-/m0/s1. The van der Waals surface area contributed by atoms with Gasteiger partial charge in [-0.05, 0) is 129 Å². The number of carbonyl (C=O) groups is 3. The molecule has 2 aliphatic rings. The number of anilines is 2. The Kier molecular flexibility index (Phi) is 28.7. The van der Waals surface area contributed by atoms with Gasteiger partial charge in [0.15, 0.2) is 0 Å². The molecule has 1 saturated heterocycles. The molecule has 2 amide bonds. The lowest BCUT2D eigenvalue weighted by atomic mass is 9.80. The van der Waals surface area contributed by atoms with E-state index in [1.54, 1.807) is 19.1 Å². The fourth-order valence-electron chi connectivity index (χ4n) is 11.4. The molecule has 1 fully saturated rings. The van der Waals surface area contributed by atoms with Crippen LogP contribution in [-0.2, 0) is 61.2 Å². The number of carboxylic acids is 1. The van der Waals surface area contributed by atoms with Gasteiger partial charge in [0.25, 0.3) is 0 Å². The van der Waals surface area contributed by atoms with E-state index in [0.717, 1.165) is 109 Å². The summed E-state index contributed by atoms with van der Waals surface area (Å²) in [6, 6.07) is 36.3. The van der Waals surface area contributed by atoms with Gasteiger partial charge in [0.05, 0.1) is 105 Å². The lowest BCUT2D eigenvalue weighted by Gasteiger charge is -2.38. The summed E-state index contributed by atoms with van der Waals surface area (Å²) in [6.45, 7) is 7.87. The van der Waals surface area contributed by atoms with Crippen molar-refractivity contribution in [3.63, 3.8) is 0 Å². The number of methoxy groups -OCH3 is 2. The van der Waals surface area contributed by atoms with Gasteiger partial charge in [-0.15, -0.1) is 0 Å². The fraction of sp³-hybridized carbons (Fsp3) is 0.507. The smallest absolute Gasteiger partial charge is 0.326 e. The number of β-amino-alcohol motifs (C(OH)–C–C–N with tert-alkyl or cyclic N) is 1. The number of aryl methyl sites for hydroxylation is 2. The molecule has 0 aliphatic carbocycles. The first-order valence-corrected chi connectivity index (χ1v) is 31.9. The van der Waals surface area contributed by atoms with Crippen molar-refractivity contribution in [1.29, 1.82) is 0 Å². The zero-order chi connectivity index (χ0) is 63.0. The Morgan fingerprint density at radius 3 is 2.01 bits per heavy atom. The van der Waals surface area contributed by atoms with E-state index in [0.29, 0.717) is 111 Å². The minimum absolute atomic E-state index is 0.0284. The van der Waals surface area contributed by atoms with Gasteiger partial charge >= 0.3 is 5.97 Å². The van der Waals surface area contributed by atoms with Gasteiger partial charge in [-0.1, -0.05) is 79.2 Å². The molecule has 486 valence electrons. The van der Waals surface area contributed by atoms with Crippen LogP contribution in [0.25, 0.3) is 10.9 Å². The molecule has 2 aromatic heterocycles. The maximum Gasteiger partial charge on any atom is 0.326 e. The highest BCUT2D eigenvalue weighted by Crippen LogP contribution is 2.42. The molecule has 0 unspecified atom stereocenters. The molecule has 4 heterocycles. The number of aliphatic hydroxyl groups is 1. The van der Waals surface area contributed by atoms with Gasteiger partial charge in [-0.2, -0.15) is 0 Å². The Hall–Kier alpha value is -7.34. The first-order chi connectivity index (χ1) is 44.1. The quantitative estimate of drug-likeness (QED) is 0.0179. The number of nitrogens with zero attached hydrogens (tertiary/aromatic N) is 5. The van der Waals surface area contributed by atoms with Crippen LogP contribution in [0.5, 0.6) is 11.5 Å². The van der Waals surface area contributed by atoms with Gasteiger partial charge in [0.1, 0.15) is 41.1 Å². The number of rotatable bonds is 43. The summed E-state index contributed by atoms with van der Waals surface area (Å²) in [5.74, 6) is 1.89. The van der Waals surface area contributed by atoms with Crippen LogP contribution in [0, 0.1) is 0 Å². The lowest BCUT2D eigenvalue weighted by Crippen LogP contribution is -2.42. The van der Waals surface area contributed by atoms with Crippen LogP contribution in [0.1, 0.15) is 92.2 Å². The minimum Gasteiger partial charge on any atom is -0.497 e. The maximum absolute atomic E-state index is 13.7. The highest BCUT2D eigenvalue weighted by atomic mass is 16.6. The van der Waals surface area contributed by atoms with Crippen molar-refractivity contribution in [1.82, 2.24) is 30.1 Å². The van der Waals surface area contributed by atoms with Gasteiger partial charge in [-0.25, -0.2) is 19.7 Å². The summed E-state index contributed by atoms with van der Waals surface area (Å²) in [4.78, 5) is 56.2. The number of pyridine rings is 1. The number of hydrogen-bond donors (Lipinski definition) is 5. The van der Waals surface area contributed by atoms with E-state index in [-0.39, 0.29) is 44.0 Å². The lowest BCUT2D eigenvalue weighted by molar-refractivity contribution is -0.138. The first kappa shape index (κ1) is 68.6. The monoisotopic (exact) mass is 1240 g/mol. The van der Waals surface area contributed by atoms with E-state index >= 15 is 0 Å². The Morgan fingerprint density at radius 2 is 1.33 bits per heavy atom. The molecule has 3 atom stereocenters. The van der Waals surface area contributed by atoms with Crippen molar-refractivity contribution in [2.24, 2.45) is 0 Å². The van der Waals surface area contributed by atoms with Crippen LogP contribution < -0.4 is 25.4 Å². The molecule has 90 heavy (non-hydrogen) atoms. The van der Waals surface area contributed by atoms with Crippen molar-refractivity contribution in [3.8, 4) is 11.5 Å². The molecular weight excluding hydrogens is 1150 g/mol. The van der Waals surface area contributed by atoms with E-state index in [2.05, 4.69) is 43.0 Å². The van der Waals surface area contributed by atoms with Crippen LogP contribution in [0.2, 0.25) is 0 Å². The van der Waals surface area contributed by atoms with Crippen molar-refractivity contribution in [2.45, 2.75) is 101 Å². The molecule has 2 aliphatic heterocycles. The number of carbonyl (C=O) groups excluding carboxylic acids is 2. The number of aromatic nitrogens is 3. The number of aliphatic carboxylic acids is 1. The van der Waals surface area contributed by atoms with Gasteiger partial charge in [0.2, 0.25) is 11.8 Å². The van der Waals surface area contributed by atoms with E-state index in [4.69, 9.17) is 42.9 Å². The summed E-state index contributed by atoms with van der Waals surface area (Å²) in [5, 5.41) is 31.4. The summed E-state index contributed by atoms with van der Waals surface area (Å²) < 4.78 is 46.7. The van der Waals surface area contributed by atoms with E-state index in [9.17, 15) is 24.6 Å². The number of ether oxygens (including phenoxy) is 8. The molecule has 6 aromatic rings. The number of carboxylic acid groups (broad SMARTS) is 1. The van der Waals surface area contributed by atoms with Crippen LogP contribution in [0.4, 0.5) is 11.6 Å². The molecule has 0 saturated carbocycles. The molecule has 21 heteroatoms. The molecule has 21 nitrogen and oxygen atoms in total. The number of unbranched alkanes of at least 4 members (excludes halogenated alkanes) is 3. The van der Waals surface area contributed by atoms with Crippen molar-refractivity contribution < 1.29 is 62.5 Å². The largest absolute Gasteiger partial charge is 0.497 e. The second-order valence-electron chi connectivity index (χ2n) is 22.6. The number of hydrogen-bond acceptors (Lipinski definition) is 18. The zero-order valence-electron chi connectivity index (χ0n) is 52.4. The maximum atomic E-state index is 13.7. The SMILES string of the molecule is COc1ccc(C(OC[C@@H]2C[C@@H](O)CN2C(=O)CCCCCNC(=O)CCOCCOCCOCCOCCOCCN(CCCCc2ccc3c(n2)NCCC3)CC[C@H](Nc2ncnc3ccccc23)C(=O)O)(c2ccccc2)c2ccc(OC)cc2)cc1. The highest BCUT2D eigenvalue weighted by molar-refractivity contribution is 5.90. The summed E-state index contributed by atoms with van der Waals surface area (Å²) in [5.41, 5.74) is 4.75. The van der Waals surface area contributed by atoms with Crippen molar-refractivity contribution in [3.05, 3.63) is 150 Å². The molecule has 0 radical (unpaired) electrons. The number of amides is 2. The number of likely N-dealkylation sites (tertiary alicyclic amines) is 1. The third-order valence-electron chi connectivity index (χ3n) is 16.3. The number of benzene rings is 4. The first-order valence-electron chi connectivity index (χ1n) is 31.9. The third-order valence-corrected chi connectivity index (χ3v) is 16.3. The van der Waals surface area contributed by atoms with Crippen LogP contribution >= 0.6 is 0 Å². The Bertz CT molecular complexity index is 3020. The second-order valence-corrected chi connectivity index (χ2v) is 22.6. The summed E-state index contributed by atoms with van der Waals surface area (Å²) in [7, 11) is 3.27. The molecule has 0 spiro atoms. The Morgan fingerprint density at radius 1 is 0.689 bits per heavy atom. The normalized spacial score (nSPS) is 15.1. The van der Waals surface area contributed by atoms with Crippen LogP contribution in [0.3, 0.4) is 0 Å². The molecule has 5 N–H and O–H groups in total. The van der Waals surface area contributed by atoms with Crippen LogP contribution in [-0.4, -0.2) is 197 Å². The topological polar surface area (TPSA) is 247 Å². The third kappa shape index (κ3) is 21.4. The number of nitrogens with one attached hydrogen (secondary N) is 3. The van der Waals surface area contributed by atoms with Crippen molar-refractivity contribution >= 4 is 40.3 Å². The fourth-order valence-corrected chi connectivity index (χ4v) is 11.4. The molecule has 4 aromatic carbocycles. The Labute approximate surface area is 529 Å². The average molecular weight is 1240 g/mol. The van der Waals surface area contributed by atoms with E-state index in [1.165, 1.54) is 11.9 Å². The Balaban J connectivity index is 0.634. The van der Waals surface area contributed by atoms with Gasteiger partial charge in [0, 0.05) is 56.6 Å². The van der Waals surface area contributed by atoms with Crippen molar-refractivity contribution in [2.75, 3.05) is 137 Å². The zero-order valence-corrected chi connectivity index (χ0v) is 52.4. The number of aliphatic hydroxyl groups excluding tert-OH is 1. The predicted molar refractivity (Wildman–Crippen MR) is 344 cm³/mol. The average Bonchev–Trinajstić information content (AvgIpc) is 0.930. The summed E-state index contributed by atoms with van der Waals surface area (Å²) in [6.07, 6.45) is 9.23. The highest BCUT2D eigenvalue weighted by Gasteiger charge is 2.41. The van der Waals surface area contributed by atoms with E-state index in [1.807, 2.05) is 103 Å². The molecule has 0 bridgehead atoms. The predicted octanol–water partition coefficient (Wildman–Crippen LogP) is 8.10. The van der Waals surface area contributed by atoms with Gasteiger partial charge < -0.3 is 73.9 Å². The number of para-hydroxylation sites is 1. The van der Waals surface area contributed by atoms with Crippen LogP contribution in [0.15, 0.2) is 122 Å². The molecular formula is C69H92N8O13. The van der Waals surface area contributed by atoms with E-state index < -0.39 is 23.7 Å². The molecule has 8 rings (SSSR count). The summed E-state index contributed by atoms with van der Waals surface area (Å²) >= 11 is 0. The number of fused-ring (bicyclic) bond motifs is 2. The second kappa shape index (κ2) is 37.7.